The maximum atomic E-state index is 11.1. The van der Waals surface area contributed by atoms with Gasteiger partial charge in [0, 0.05) is 6.42 Å². The Balaban J connectivity index is 2.49. The first-order chi connectivity index (χ1) is 7.09. The summed E-state index contributed by atoms with van der Waals surface area (Å²) in [7, 11) is 0. The predicted molar refractivity (Wildman–Crippen MR) is 59.4 cm³/mol. The molecule has 4 heteroatoms. The molecule has 1 aliphatic rings. The Hall–Kier alpha value is -1.03. The largest absolute Gasteiger partial charge is 0.454 e. The number of ketones is 1. The molecule has 0 bridgehead atoms. The second-order valence-corrected chi connectivity index (χ2v) is 4.38. The number of carbonyl (C=O) groups is 1. The van der Waals surface area contributed by atoms with Crippen LogP contribution in [-0.4, -0.2) is 12.6 Å². The van der Waals surface area contributed by atoms with Crippen molar-refractivity contribution in [2.45, 2.75) is 20.3 Å². The lowest BCUT2D eigenvalue weighted by Crippen LogP contribution is -1.99. The van der Waals surface area contributed by atoms with Gasteiger partial charge in [0.2, 0.25) is 6.79 Å². The lowest BCUT2D eigenvalue weighted by Gasteiger charge is -2.08. The molecule has 0 N–H and O–H groups in total. The molecule has 1 aliphatic heterocycles. The zero-order valence-corrected chi connectivity index (χ0v) is 10.2. The van der Waals surface area contributed by atoms with Crippen molar-refractivity contribution in [3.8, 4) is 11.5 Å². The summed E-state index contributed by atoms with van der Waals surface area (Å²) in [6.07, 6.45) is 0.432. The Morgan fingerprint density at radius 1 is 1.53 bits per heavy atom. The van der Waals surface area contributed by atoms with Gasteiger partial charge in [0.15, 0.2) is 11.5 Å². The smallest absolute Gasteiger partial charge is 0.231 e. The van der Waals surface area contributed by atoms with Crippen molar-refractivity contribution in [3.05, 3.63) is 21.7 Å². The van der Waals surface area contributed by atoms with Gasteiger partial charge in [0.25, 0.3) is 0 Å². The molecule has 1 aromatic carbocycles. The minimum Gasteiger partial charge on any atom is -0.454 e. The molecule has 0 atom stereocenters. The monoisotopic (exact) mass is 270 g/mol. The Labute approximate surface area is 96.5 Å². The van der Waals surface area contributed by atoms with E-state index in [4.69, 9.17) is 9.47 Å². The molecule has 1 aromatic rings. The lowest BCUT2D eigenvalue weighted by atomic mass is 10.0. The summed E-state index contributed by atoms with van der Waals surface area (Å²) < 4.78 is 11.5. The number of hydrogen-bond donors (Lipinski definition) is 0. The Kier molecular flexibility index (Phi) is 2.69. The van der Waals surface area contributed by atoms with Gasteiger partial charge in [0.1, 0.15) is 5.78 Å². The number of hydrogen-bond acceptors (Lipinski definition) is 3. The van der Waals surface area contributed by atoms with Crippen LogP contribution in [0.4, 0.5) is 0 Å². The summed E-state index contributed by atoms with van der Waals surface area (Å²) in [4.78, 5) is 11.1. The molecule has 0 amide bonds. The fourth-order valence-corrected chi connectivity index (χ4v) is 2.16. The van der Waals surface area contributed by atoms with Crippen molar-refractivity contribution in [2.24, 2.45) is 0 Å². The van der Waals surface area contributed by atoms with Crippen molar-refractivity contribution >= 4 is 21.7 Å². The quantitative estimate of drug-likeness (QED) is 0.829. The highest BCUT2D eigenvalue weighted by Gasteiger charge is 2.21. The number of carbonyl (C=O) groups excluding carboxylic acids is 1. The highest BCUT2D eigenvalue weighted by molar-refractivity contribution is 9.10. The Morgan fingerprint density at radius 3 is 2.93 bits per heavy atom. The molecule has 0 unspecified atom stereocenters. The first-order valence-corrected chi connectivity index (χ1v) is 5.46. The van der Waals surface area contributed by atoms with E-state index in [9.17, 15) is 4.79 Å². The van der Waals surface area contributed by atoms with Crippen molar-refractivity contribution in [1.29, 1.82) is 0 Å². The minimum atomic E-state index is 0.142. The van der Waals surface area contributed by atoms with Gasteiger partial charge in [-0.25, -0.2) is 0 Å². The molecule has 2 rings (SSSR count). The number of ether oxygens (including phenoxy) is 2. The summed E-state index contributed by atoms with van der Waals surface area (Å²) in [6.45, 7) is 3.79. The molecule has 0 saturated carbocycles. The zero-order chi connectivity index (χ0) is 11.0. The molecule has 15 heavy (non-hydrogen) atoms. The van der Waals surface area contributed by atoms with E-state index in [0.717, 1.165) is 21.3 Å². The van der Waals surface area contributed by atoms with Gasteiger partial charge in [-0.15, -0.1) is 0 Å². The summed E-state index contributed by atoms with van der Waals surface area (Å²) in [5, 5.41) is 0. The van der Waals surface area contributed by atoms with Gasteiger partial charge < -0.3 is 9.47 Å². The lowest BCUT2D eigenvalue weighted by molar-refractivity contribution is -0.116. The van der Waals surface area contributed by atoms with Crippen molar-refractivity contribution in [1.82, 2.24) is 0 Å². The van der Waals surface area contributed by atoms with E-state index in [1.807, 2.05) is 13.0 Å². The number of halogens is 1. The van der Waals surface area contributed by atoms with Crippen LogP contribution in [0.3, 0.4) is 0 Å². The fraction of sp³-hybridized carbons (Fsp3) is 0.364. The van der Waals surface area contributed by atoms with Crippen LogP contribution < -0.4 is 9.47 Å². The van der Waals surface area contributed by atoms with E-state index in [0.29, 0.717) is 12.2 Å². The highest BCUT2D eigenvalue weighted by Crippen LogP contribution is 2.42. The average molecular weight is 271 g/mol. The van der Waals surface area contributed by atoms with Crippen molar-refractivity contribution in [3.63, 3.8) is 0 Å². The van der Waals surface area contributed by atoms with Gasteiger partial charge in [-0.3, -0.25) is 4.79 Å². The van der Waals surface area contributed by atoms with Crippen LogP contribution in [0.2, 0.25) is 0 Å². The first-order valence-electron chi connectivity index (χ1n) is 4.66. The van der Waals surface area contributed by atoms with Crippen LogP contribution in [0.25, 0.3) is 0 Å². The molecular formula is C11H11BrO3. The van der Waals surface area contributed by atoms with Gasteiger partial charge in [0.05, 0.1) is 4.47 Å². The predicted octanol–water partition coefficient (Wildman–Crippen LogP) is 2.62. The average Bonchev–Trinajstić information content (AvgIpc) is 2.61. The molecule has 0 aliphatic carbocycles. The molecule has 3 nitrogen and oxygen atoms in total. The molecule has 1 heterocycles. The first kappa shape index (κ1) is 10.5. The standard InChI is InChI=1S/C11H11BrO3/c1-6(13)3-8-4-9-11(15-5-14-9)10(12)7(8)2/h4H,3,5H2,1-2H3. The van der Waals surface area contributed by atoms with Gasteiger partial charge >= 0.3 is 0 Å². The molecule has 0 spiro atoms. The second-order valence-electron chi connectivity index (χ2n) is 3.59. The van der Waals surface area contributed by atoms with E-state index in [-0.39, 0.29) is 12.6 Å². The number of benzene rings is 1. The maximum absolute atomic E-state index is 11.1. The minimum absolute atomic E-state index is 0.142. The van der Waals surface area contributed by atoms with Crippen molar-refractivity contribution < 1.29 is 14.3 Å². The summed E-state index contributed by atoms with van der Waals surface area (Å²) >= 11 is 3.46. The zero-order valence-electron chi connectivity index (χ0n) is 8.59. The van der Waals surface area contributed by atoms with Gasteiger partial charge in [-0.2, -0.15) is 0 Å². The number of Topliss-reactive ketones (excluding diaryl/α,β-unsaturated/α-hetero) is 1. The topological polar surface area (TPSA) is 35.5 Å². The van der Waals surface area contributed by atoms with E-state index in [1.54, 1.807) is 6.92 Å². The fourth-order valence-electron chi connectivity index (χ4n) is 1.60. The van der Waals surface area contributed by atoms with Gasteiger partial charge in [-0.05, 0) is 47.0 Å². The SMILES string of the molecule is CC(=O)Cc1cc2c(c(Br)c1C)OCO2. The van der Waals surface area contributed by atoms with Crippen LogP contribution >= 0.6 is 15.9 Å². The van der Waals surface area contributed by atoms with Crippen molar-refractivity contribution in [2.75, 3.05) is 6.79 Å². The van der Waals surface area contributed by atoms with E-state index in [1.165, 1.54) is 0 Å². The molecule has 0 radical (unpaired) electrons. The third-order valence-electron chi connectivity index (χ3n) is 2.40. The molecule has 80 valence electrons. The maximum Gasteiger partial charge on any atom is 0.231 e. The van der Waals surface area contributed by atoms with E-state index < -0.39 is 0 Å². The third-order valence-corrected chi connectivity index (χ3v) is 3.35. The van der Waals surface area contributed by atoms with Crippen LogP contribution in [0.5, 0.6) is 11.5 Å². The number of rotatable bonds is 2. The number of fused-ring (bicyclic) bond motifs is 1. The molecule has 0 fully saturated rings. The highest BCUT2D eigenvalue weighted by atomic mass is 79.9. The summed E-state index contributed by atoms with van der Waals surface area (Å²) in [5.74, 6) is 1.59. The third kappa shape index (κ3) is 1.86. The van der Waals surface area contributed by atoms with Crippen LogP contribution in [0.1, 0.15) is 18.1 Å². The second kappa shape index (κ2) is 3.85. The molecule has 0 aromatic heterocycles. The van der Waals surface area contributed by atoms with Gasteiger partial charge in [-0.1, -0.05) is 0 Å². The van der Waals surface area contributed by atoms with E-state index >= 15 is 0 Å². The van der Waals surface area contributed by atoms with Crippen LogP contribution in [0, 0.1) is 6.92 Å². The van der Waals surface area contributed by atoms with Crippen LogP contribution in [0.15, 0.2) is 10.5 Å². The summed E-state index contributed by atoms with van der Waals surface area (Å²) in [5.41, 5.74) is 2.02. The Bertz CT molecular complexity index is 426. The molecular weight excluding hydrogens is 260 g/mol. The molecule has 0 saturated heterocycles. The Morgan fingerprint density at radius 2 is 2.27 bits per heavy atom. The summed E-state index contributed by atoms with van der Waals surface area (Å²) in [6, 6.07) is 1.88. The van der Waals surface area contributed by atoms with Crippen LogP contribution in [-0.2, 0) is 11.2 Å². The normalized spacial score (nSPS) is 13.0. The van der Waals surface area contributed by atoms with E-state index in [2.05, 4.69) is 15.9 Å².